The van der Waals surface area contributed by atoms with E-state index in [4.69, 9.17) is 23.2 Å². The van der Waals surface area contributed by atoms with E-state index in [2.05, 4.69) is 4.98 Å². The second kappa shape index (κ2) is 2.77. The summed E-state index contributed by atoms with van der Waals surface area (Å²) in [5.41, 5.74) is 2.18. The Balaban J connectivity index is 2.51. The lowest BCUT2D eigenvalue weighted by molar-refractivity contribution is 0.723. The van der Waals surface area contributed by atoms with E-state index in [1.165, 1.54) is 0 Å². The molecule has 1 aromatic heterocycles. The van der Waals surface area contributed by atoms with Crippen LogP contribution in [0.15, 0.2) is 29.1 Å². The molecular weight excluding hydrogens is 233 g/mol. The lowest BCUT2D eigenvalue weighted by atomic mass is 9.85. The first-order valence-electron chi connectivity index (χ1n) is 4.62. The van der Waals surface area contributed by atoms with Crippen LogP contribution in [0.1, 0.15) is 11.1 Å². The number of nitrogens with one attached hydrogen (secondary N) is 1. The van der Waals surface area contributed by atoms with Crippen LogP contribution in [-0.2, 0) is 10.8 Å². The average molecular weight is 240 g/mol. The number of halogens is 2. The second-order valence-corrected chi connectivity index (χ2v) is 5.22. The highest BCUT2D eigenvalue weighted by Crippen LogP contribution is 2.49. The molecule has 0 amide bonds. The van der Waals surface area contributed by atoms with E-state index < -0.39 is 4.33 Å². The summed E-state index contributed by atoms with van der Waals surface area (Å²) in [6, 6.07) is 7.54. The van der Waals surface area contributed by atoms with E-state index in [9.17, 15) is 4.79 Å². The maximum Gasteiger partial charge on any atom is 0.252 e. The first-order chi connectivity index (χ1) is 7.09. The number of benzene rings is 1. The second-order valence-electron chi connectivity index (χ2n) is 3.73. The first kappa shape index (κ1) is 9.25. The van der Waals surface area contributed by atoms with Gasteiger partial charge in [0.1, 0.15) is 4.33 Å². The molecule has 0 radical (unpaired) electrons. The van der Waals surface area contributed by atoms with Crippen molar-refractivity contribution in [3.8, 4) is 0 Å². The number of H-pyrrole nitrogens is 1. The SMILES string of the molecule is O=c1[nH]c2ccccc2c2c1CC2(Cl)Cl. The van der Waals surface area contributed by atoms with Crippen LogP contribution < -0.4 is 5.56 Å². The van der Waals surface area contributed by atoms with Gasteiger partial charge in [0.15, 0.2) is 0 Å². The lowest BCUT2D eigenvalue weighted by Crippen LogP contribution is -2.35. The molecule has 1 aliphatic rings. The highest BCUT2D eigenvalue weighted by atomic mass is 35.5. The maximum atomic E-state index is 11.6. The zero-order chi connectivity index (χ0) is 10.6. The Kier molecular flexibility index (Phi) is 1.71. The van der Waals surface area contributed by atoms with Crippen molar-refractivity contribution in [3.63, 3.8) is 0 Å². The van der Waals surface area contributed by atoms with Crippen LogP contribution in [-0.4, -0.2) is 4.98 Å². The van der Waals surface area contributed by atoms with Crippen molar-refractivity contribution in [2.75, 3.05) is 0 Å². The number of hydrogen-bond donors (Lipinski definition) is 1. The topological polar surface area (TPSA) is 32.9 Å². The van der Waals surface area contributed by atoms with Crippen molar-refractivity contribution in [3.05, 3.63) is 45.7 Å². The standard InChI is InChI=1S/C11H7Cl2NO/c12-11(13)5-7-9(11)6-3-1-2-4-8(6)14-10(7)15/h1-4H,5H2,(H,14,15). The molecule has 1 aliphatic carbocycles. The van der Waals surface area contributed by atoms with Crippen molar-refractivity contribution in [1.82, 2.24) is 4.98 Å². The van der Waals surface area contributed by atoms with Gasteiger partial charge in [0.05, 0.1) is 0 Å². The number of aromatic nitrogens is 1. The van der Waals surface area contributed by atoms with Crippen LogP contribution >= 0.6 is 23.2 Å². The fourth-order valence-electron chi connectivity index (χ4n) is 2.07. The Labute approximate surface area is 95.8 Å². The molecule has 0 fully saturated rings. The monoisotopic (exact) mass is 239 g/mol. The van der Waals surface area contributed by atoms with Crippen LogP contribution in [0.25, 0.3) is 10.9 Å². The van der Waals surface area contributed by atoms with E-state index in [0.29, 0.717) is 12.0 Å². The van der Waals surface area contributed by atoms with Crippen molar-refractivity contribution in [2.24, 2.45) is 0 Å². The van der Waals surface area contributed by atoms with Crippen LogP contribution in [0.2, 0.25) is 0 Å². The zero-order valence-electron chi connectivity index (χ0n) is 7.68. The van der Waals surface area contributed by atoms with Crippen LogP contribution in [0, 0.1) is 0 Å². The highest BCUT2D eigenvalue weighted by Gasteiger charge is 2.42. The highest BCUT2D eigenvalue weighted by molar-refractivity contribution is 6.50. The number of alkyl halides is 2. The van der Waals surface area contributed by atoms with Crippen LogP contribution in [0.4, 0.5) is 0 Å². The maximum absolute atomic E-state index is 11.6. The van der Waals surface area contributed by atoms with Gasteiger partial charge in [0.2, 0.25) is 0 Å². The molecule has 1 heterocycles. The molecule has 0 saturated carbocycles. The molecule has 0 spiro atoms. The molecule has 76 valence electrons. The van der Waals surface area contributed by atoms with Gasteiger partial charge >= 0.3 is 0 Å². The molecule has 0 saturated heterocycles. The number of pyridine rings is 1. The van der Waals surface area contributed by atoms with Gasteiger partial charge < -0.3 is 4.98 Å². The van der Waals surface area contributed by atoms with E-state index in [0.717, 1.165) is 16.5 Å². The van der Waals surface area contributed by atoms with Gasteiger partial charge in [-0.1, -0.05) is 41.4 Å². The van der Waals surface area contributed by atoms with Crippen molar-refractivity contribution < 1.29 is 0 Å². The minimum Gasteiger partial charge on any atom is -0.322 e. The smallest absolute Gasteiger partial charge is 0.252 e. The Hall–Kier alpha value is -0.990. The third-order valence-corrected chi connectivity index (χ3v) is 3.43. The fraction of sp³-hybridized carbons (Fsp3) is 0.182. The molecule has 15 heavy (non-hydrogen) atoms. The normalized spacial score (nSPS) is 17.2. The third-order valence-electron chi connectivity index (χ3n) is 2.79. The van der Waals surface area contributed by atoms with Gasteiger partial charge in [0, 0.05) is 28.5 Å². The van der Waals surface area contributed by atoms with Crippen molar-refractivity contribution in [2.45, 2.75) is 10.8 Å². The molecule has 2 aromatic rings. The predicted octanol–water partition coefficient (Wildman–Crippen LogP) is 2.71. The zero-order valence-corrected chi connectivity index (χ0v) is 9.19. The van der Waals surface area contributed by atoms with Crippen LogP contribution in [0.5, 0.6) is 0 Å². The Morgan fingerprint density at radius 1 is 1.27 bits per heavy atom. The Morgan fingerprint density at radius 2 is 2.00 bits per heavy atom. The summed E-state index contributed by atoms with van der Waals surface area (Å²) in [6.07, 6.45) is 0.422. The van der Waals surface area contributed by atoms with Gasteiger partial charge in [-0.25, -0.2) is 0 Å². The molecule has 0 atom stereocenters. The Bertz CT molecular complexity index is 616. The molecule has 1 aromatic carbocycles. The fourth-order valence-corrected chi connectivity index (χ4v) is 2.77. The minimum atomic E-state index is -0.900. The molecule has 0 unspecified atom stereocenters. The predicted molar refractivity (Wildman–Crippen MR) is 61.7 cm³/mol. The summed E-state index contributed by atoms with van der Waals surface area (Å²) in [7, 11) is 0. The minimum absolute atomic E-state index is 0.0828. The summed E-state index contributed by atoms with van der Waals surface area (Å²) in [6.45, 7) is 0. The largest absolute Gasteiger partial charge is 0.322 e. The number of rotatable bonds is 0. The average Bonchev–Trinajstić information content (AvgIpc) is 2.17. The quantitative estimate of drug-likeness (QED) is 0.705. The lowest BCUT2D eigenvalue weighted by Gasteiger charge is -2.33. The van der Waals surface area contributed by atoms with Gasteiger partial charge in [-0.2, -0.15) is 0 Å². The molecule has 2 nitrogen and oxygen atoms in total. The number of para-hydroxylation sites is 1. The number of fused-ring (bicyclic) bond motifs is 3. The molecule has 0 bridgehead atoms. The van der Waals surface area contributed by atoms with E-state index in [1.54, 1.807) is 0 Å². The Morgan fingerprint density at radius 3 is 2.73 bits per heavy atom. The van der Waals surface area contributed by atoms with Crippen molar-refractivity contribution in [1.29, 1.82) is 0 Å². The van der Waals surface area contributed by atoms with E-state index in [1.807, 2.05) is 24.3 Å². The summed E-state index contributed by atoms with van der Waals surface area (Å²) in [4.78, 5) is 14.4. The summed E-state index contributed by atoms with van der Waals surface area (Å²) < 4.78 is -0.900. The number of aromatic amines is 1. The molecule has 0 aliphatic heterocycles. The van der Waals surface area contributed by atoms with Gasteiger partial charge in [0.25, 0.3) is 5.56 Å². The summed E-state index contributed by atoms with van der Waals surface area (Å²) >= 11 is 12.2. The van der Waals surface area contributed by atoms with Gasteiger partial charge in [-0.05, 0) is 6.07 Å². The van der Waals surface area contributed by atoms with Gasteiger partial charge in [-0.3, -0.25) is 4.79 Å². The van der Waals surface area contributed by atoms with Crippen LogP contribution in [0.3, 0.4) is 0 Å². The summed E-state index contributed by atoms with van der Waals surface area (Å²) in [5.74, 6) is 0. The molecule has 3 rings (SSSR count). The molecular formula is C11H7Cl2NO. The van der Waals surface area contributed by atoms with Gasteiger partial charge in [-0.15, -0.1) is 0 Å². The van der Waals surface area contributed by atoms with E-state index >= 15 is 0 Å². The number of hydrogen-bond acceptors (Lipinski definition) is 1. The third kappa shape index (κ3) is 1.15. The summed E-state index contributed by atoms with van der Waals surface area (Å²) in [5, 5.41) is 0.934. The first-order valence-corrected chi connectivity index (χ1v) is 5.37. The molecule has 1 N–H and O–H groups in total. The van der Waals surface area contributed by atoms with Crippen molar-refractivity contribution >= 4 is 34.1 Å². The molecule has 4 heteroatoms. The van der Waals surface area contributed by atoms with E-state index in [-0.39, 0.29) is 5.56 Å².